The van der Waals surface area contributed by atoms with Crippen LogP contribution in [0.4, 0.5) is 0 Å². The number of ketones is 1. The zero-order valence-electron chi connectivity index (χ0n) is 21.4. The Labute approximate surface area is 211 Å². The summed E-state index contributed by atoms with van der Waals surface area (Å²) in [6.07, 6.45) is 9.19. The van der Waals surface area contributed by atoms with E-state index in [1.807, 2.05) is 0 Å². The minimum atomic E-state index is -1.19. The van der Waals surface area contributed by atoms with Crippen LogP contribution in [0.25, 0.3) is 0 Å². The predicted molar refractivity (Wildman–Crippen MR) is 128 cm³/mol. The minimum absolute atomic E-state index is 0.0427. The number of carbonyl (C=O) groups is 4. The molecule has 0 aromatic carbocycles. The Kier molecular flexibility index (Phi) is 6.13. The number of hydrogen-bond donors (Lipinski definition) is 1. The van der Waals surface area contributed by atoms with E-state index in [0.29, 0.717) is 29.2 Å². The van der Waals surface area contributed by atoms with Gasteiger partial charge < -0.3 is 14.8 Å². The van der Waals surface area contributed by atoms with Crippen LogP contribution in [0, 0.1) is 28.6 Å². The van der Waals surface area contributed by atoms with Gasteiger partial charge in [0.05, 0.1) is 5.71 Å². The number of oxime groups is 1. The first kappa shape index (κ1) is 25.1. The van der Waals surface area contributed by atoms with Gasteiger partial charge >= 0.3 is 5.97 Å². The van der Waals surface area contributed by atoms with Gasteiger partial charge in [-0.1, -0.05) is 24.6 Å². The van der Waals surface area contributed by atoms with Crippen LogP contribution in [0.1, 0.15) is 85.0 Å². The number of hydrogen-bond acceptors (Lipinski definition) is 8. The van der Waals surface area contributed by atoms with Gasteiger partial charge in [0.15, 0.2) is 5.78 Å². The molecule has 0 aromatic heterocycles. The van der Waals surface area contributed by atoms with Crippen LogP contribution in [0.3, 0.4) is 0 Å². The number of rotatable bonds is 5. The molecule has 1 heterocycles. The molecule has 1 saturated heterocycles. The summed E-state index contributed by atoms with van der Waals surface area (Å²) >= 11 is 0. The standard InChI is InChI=1S/C27H36N2O7/c1-16(30)27(34)13-10-21-19-5-4-17-14-18(8-11-25(17,2)20(19)9-12-26(21,27)3)28-35-15-24(33)36-29-22(31)6-7-23(29)32/h14,19-21,34H,4-13,15H2,1-3H3/b28-18-/t19?,20?,21?,25-,26-,27-/m0/s1. The molecule has 0 bridgehead atoms. The molecule has 5 rings (SSSR count). The second-order valence-electron chi connectivity index (χ2n) is 11.8. The first-order chi connectivity index (χ1) is 17.0. The van der Waals surface area contributed by atoms with Crippen LogP contribution in [-0.2, 0) is 28.9 Å². The maximum atomic E-state index is 12.4. The van der Waals surface area contributed by atoms with Crippen LogP contribution in [0.15, 0.2) is 16.8 Å². The number of carbonyl (C=O) groups excluding carboxylic acids is 4. The Hall–Kier alpha value is -2.55. The molecule has 5 aliphatic rings. The van der Waals surface area contributed by atoms with Crippen LogP contribution < -0.4 is 0 Å². The van der Waals surface area contributed by atoms with Crippen molar-refractivity contribution >= 4 is 29.3 Å². The molecule has 4 aliphatic carbocycles. The Morgan fingerprint density at radius 1 is 1.03 bits per heavy atom. The molecule has 9 heteroatoms. The van der Waals surface area contributed by atoms with Crippen LogP contribution in [-0.4, -0.2) is 51.7 Å². The summed E-state index contributed by atoms with van der Waals surface area (Å²) in [6, 6.07) is 0. The second kappa shape index (κ2) is 8.78. The van der Waals surface area contributed by atoms with Crippen molar-refractivity contribution in [2.24, 2.45) is 33.7 Å². The van der Waals surface area contributed by atoms with E-state index in [9.17, 15) is 24.3 Å². The van der Waals surface area contributed by atoms with E-state index in [0.717, 1.165) is 50.7 Å². The van der Waals surface area contributed by atoms with Crippen molar-refractivity contribution in [1.82, 2.24) is 5.06 Å². The smallest absolute Gasteiger partial charge is 0.373 e. The monoisotopic (exact) mass is 500 g/mol. The first-order valence-corrected chi connectivity index (χ1v) is 13.2. The molecule has 3 unspecified atom stereocenters. The zero-order valence-corrected chi connectivity index (χ0v) is 21.4. The number of fused-ring (bicyclic) bond motifs is 5. The highest BCUT2D eigenvalue weighted by molar-refractivity contribution is 6.01. The van der Waals surface area contributed by atoms with Gasteiger partial charge in [0.25, 0.3) is 11.8 Å². The fourth-order valence-corrected chi connectivity index (χ4v) is 8.19. The lowest BCUT2D eigenvalue weighted by atomic mass is 9.46. The maximum absolute atomic E-state index is 12.4. The highest BCUT2D eigenvalue weighted by Crippen LogP contribution is 2.67. The number of hydroxylamine groups is 2. The zero-order chi connectivity index (χ0) is 25.9. The largest absolute Gasteiger partial charge is 0.383 e. The van der Waals surface area contributed by atoms with E-state index in [2.05, 4.69) is 25.1 Å². The van der Waals surface area contributed by atoms with Gasteiger partial charge in [-0.25, -0.2) is 4.79 Å². The quantitative estimate of drug-likeness (QED) is 0.454. The van der Waals surface area contributed by atoms with Gasteiger partial charge in [-0.05, 0) is 87.5 Å². The summed E-state index contributed by atoms with van der Waals surface area (Å²) in [5.74, 6) is -0.616. The highest BCUT2D eigenvalue weighted by Gasteiger charge is 2.65. The van der Waals surface area contributed by atoms with Gasteiger partial charge in [-0.3, -0.25) is 14.4 Å². The number of aliphatic hydroxyl groups is 1. The average molecular weight is 501 g/mol. The van der Waals surface area contributed by atoms with Crippen LogP contribution >= 0.6 is 0 Å². The van der Waals surface area contributed by atoms with E-state index < -0.39 is 30.0 Å². The molecular formula is C27H36N2O7. The summed E-state index contributed by atoms with van der Waals surface area (Å²) in [4.78, 5) is 57.5. The van der Waals surface area contributed by atoms with Crippen LogP contribution in [0.2, 0.25) is 0 Å². The first-order valence-electron chi connectivity index (χ1n) is 13.2. The predicted octanol–water partition coefficient (Wildman–Crippen LogP) is 3.25. The van der Waals surface area contributed by atoms with Gasteiger partial charge in [0.2, 0.25) is 6.61 Å². The van der Waals surface area contributed by atoms with E-state index in [-0.39, 0.29) is 29.5 Å². The van der Waals surface area contributed by atoms with Gasteiger partial charge in [-0.2, -0.15) is 0 Å². The molecule has 196 valence electrons. The fourth-order valence-electron chi connectivity index (χ4n) is 8.19. The second-order valence-corrected chi connectivity index (χ2v) is 11.8. The molecule has 3 saturated carbocycles. The SMILES string of the molecule is CC(=O)[C@@]1(O)CCC2C3CCC4=C/C(=N\OCC(=O)ON5C(=O)CCC5=O)CC[C@]4(C)C3CC[C@@]21C. The molecule has 4 fully saturated rings. The van der Waals surface area contributed by atoms with Crippen molar-refractivity contribution < 1.29 is 34.0 Å². The Morgan fingerprint density at radius 2 is 1.72 bits per heavy atom. The summed E-state index contributed by atoms with van der Waals surface area (Å²) in [5.41, 5.74) is 0.646. The lowest BCUT2D eigenvalue weighted by Gasteiger charge is -2.59. The lowest BCUT2D eigenvalue weighted by Crippen LogP contribution is -2.57. The van der Waals surface area contributed by atoms with E-state index >= 15 is 0 Å². The van der Waals surface area contributed by atoms with Crippen molar-refractivity contribution in [3.8, 4) is 0 Å². The van der Waals surface area contributed by atoms with Crippen molar-refractivity contribution in [3.63, 3.8) is 0 Å². The van der Waals surface area contributed by atoms with Crippen molar-refractivity contribution in [2.75, 3.05) is 6.61 Å². The Bertz CT molecular complexity index is 1050. The molecule has 0 spiro atoms. The molecule has 1 N–H and O–H groups in total. The molecule has 9 nitrogen and oxygen atoms in total. The molecular weight excluding hydrogens is 464 g/mol. The summed E-state index contributed by atoms with van der Waals surface area (Å²) in [7, 11) is 0. The number of Topliss-reactive ketones (excluding diaryl/α,β-unsaturated/α-hetero) is 1. The maximum Gasteiger partial charge on any atom is 0.373 e. The molecule has 0 radical (unpaired) electrons. The molecule has 1 aliphatic heterocycles. The highest BCUT2D eigenvalue weighted by atomic mass is 16.7. The van der Waals surface area contributed by atoms with E-state index in [1.165, 1.54) is 12.5 Å². The van der Waals surface area contributed by atoms with Gasteiger partial charge in [-0.15, -0.1) is 5.06 Å². The molecule has 36 heavy (non-hydrogen) atoms. The van der Waals surface area contributed by atoms with E-state index in [4.69, 9.17) is 9.68 Å². The average Bonchev–Trinajstić information content (AvgIpc) is 3.30. The lowest BCUT2D eigenvalue weighted by molar-refractivity contribution is -0.200. The summed E-state index contributed by atoms with van der Waals surface area (Å²) < 4.78 is 0. The van der Waals surface area contributed by atoms with Crippen molar-refractivity contribution in [1.29, 1.82) is 0 Å². The summed E-state index contributed by atoms with van der Waals surface area (Å²) in [6.45, 7) is 5.55. The molecule has 6 atom stereocenters. The third-order valence-corrected chi connectivity index (χ3v) is 10.3. The molecule has 0 aromatic rings. The van der Waals surface area contributed by atoms with Crippen LogP contribution in [0.5, 0.6) is 0 Å². The minimum Gasteiger partial charge on any atom is -0.383 e. The van der Waals surface area contributed by atoms with Gasteiger partial charge in [0.1, 0.15) is 5.60 Å². The topological polar surface area (TPSA) is 123 Å². The van der Waals surface area contributed by atoms with Crippen molar-refractivity contribution in [3.05, 3.63) is 11.6 Å². The number of allylic oxidation sites excluding steroid dienone is 2. The third-order valence-electron chi connectivity index (χ3n) is 10.3. The number of amides is 2. The third kappa shape index (κ3) is 3.73. The molecule has 2 amide bonds. The fraction of sp³-hybridized carbons (Fsp3) is 0.741. The number of imide groups is 1. The van der Waals surface area contributed by atoms with Gasteiger partial charge in [0, 0.05) is 18.3 Å². The Morgan fingerprint density at radius 3 is 2.42 bits per heavy atom. The van der Waals surface area contributed by atoms with Crippen molar-refractivity contribution in [2.45, 2.75) is 90.6 Å². The van der Waals surface area contributed by atoms with E-state index in [1.54, 1.807) is 0 Å². The summed E-state index contributed by atoms with van der Waals surface area (Å²) in [5, 5.41) is 16.0. The normalized spacial score (nSPS) is 40.9. The number of nitrogens with zero attached hydrogens (tertiary/aromatic N) is 2. The Balaban J connectivity index is 1.24.